The standard InChI is InChI=1S/C19H29N3O3/c1-12-16(13(2)21-17(12)19(24)25)18(23)20-10-14-6-5-9-22(11-14)15-7-3-4-8-15/h14-15,21H,3-11H2,1-2H3,(H,20,23)(H,24,25)/t14-/m0/s1. The average Bonchev–Trinajstić information content (AvgIpc) is 3.21. The Hall–Kier alpha value is -1.82. The van der Waals surface area contributed by atoms with Crippen LogP contribution in [0.3, 0.4) is 0 Å². The van der Waals surface area contributed by atoms with Gasteiger partial charge in [-0.3, -0.25) is 4.79 Å². The van der Waals surface area contributed by atoms with E-state index in [1.165, 1.54) is 38.6 Å². The van der Waals surface area contributed by atoms with Crippen LogP contribution in [0.1, 0.15) is 70.6 Å². The van der Waals surface area contributed by atoms with Gasteiger partial charge in [-0.05, 0) is 57.6 Å². The summed E-state index contributed by atoms with van der Waals surface area (Å²) in [5.74, 6) is -0.715. The number of likely N-dealkylation sites (tertiary alicyclic amines) is 1. The number of hydrogen-bond donors (Lipinski definition) is 3. The number of aromatic amines is 1. The molecular weight excluding hydrogens is 318 g/mol. The van der Waals surface area contributed by atoms with Crippen molar-refractivity contribution in [2.24, 2.45) is 5.92 Å². The van der Waals surface area contributed by atoms with E-state index in [0.29, 0.717) is 29.3 Å². The minimum absolute atomic E-state index is 0.104. The molecule has 1 saturated carbocycles. The molecule has 2 fully saturated rings. The third kappa shape index (κ3) is 3.89. The van der Waals surface area contributed by atoms with Crippen molar-refractivity contribution in [3.63, 3.8) is 0 Å². The summed E-state index contributed by atoms with van der Waals surface area (Å²) in [5, 5.41) is 12.2. The molecular formula is C19H29N3O3. The number of carbonyl (C=O) groups excluding carboxylic acids is 1. The lowest BCUT2D eigenvalue weighted by Crippen LogP contribution is -2.44. The number of aryl methyl sites for hydroxylation is 1. The van der Waals surface area contributed by atoms with Gasteiger partial charge in [-0.25, -0.2) is 4.79 Å². The Bertz CT molecular complexity index is 647. The molecule has 6 heteroatoms. The molecule has 2 aliphatic rings. The van der Waals surface area contributed by atoms with E-state index in [1.807, 2.05) is 0 Å². The second-order valence-electron chi connectivity index (χ2n) is 7.58. The molecule has 2 heterocycles. The predicted octanol–water partition coefficient (Wildman–Crippen LogP) is 2.71. The summed E-state index contributed by atoms with van der Waals surface area (Å²) in [7, 11) is 0. The monoisotopic (exact) mass is 347 g/mol. The van der Waals surface area contributed by atoms with E-state index in [0.717, 1.165) is 19.0 Å². The maximum Gasteiger partial charge on any atom is 0.352 e. The predicted molar refractivity (Wildman–Crippen MR) is 96.1 cm³/mol. The van der Waals surface area contributed by atoms with Gasteiger partial charge in [0.15, 0.2) is 0 Å². The third-order valence-electron chi connectivity index (χ3n) is 5.82. The molecule has 0 aromatic carbocycles. The van der Waals surface area contributed by atoms with Crippen molar-refractivity contribution >= 4 is 11.9 Å². The first-order valence-electron chi connectivity index (χ1n) is 9.42. The molecule has 3 N–H and O–H groups in total. The first kappa shape index (κ1) is 18.0. The van der Waals surface area contributed by atoms with Crippen LogP contribution in [0.2, 0.25) is 0 Å². The Morgan fingerprint density at radius 2 is 1.92 bits per heavy atom. The van der Waals surface area contributed by atoms with Crippen molar-refractivity contribution in [2.75, 3.05) is 19.6 Å². The van der Waals surface area contributed by atoms with E-state index in [-0.39, 0.29) is 11.6 Å². The fourth-order valence-electron chi connectivity index (χ4n) is 4.49. The van der Waals surface area contributed by atoms with Crippen LogP contribution in [0.25, 0.3) is 0 Å². The van der Waals surface area contributed by atoms with Gasteiger partial charge in [0.2, 0.25) is 0 Å². The van der Waals surface area contributed by atoms with Crippen LogP contribution in [0.4, 0.5) is 0 Å². The normalized spacial score (nSPS) is 22.2. The van der Waals surface area contributed by atoms with Gasteiger partial charge in [0.25, 0.3) is 5.91 Å². The maximum atomic E-state index is 12.6. The van der Waals surface area contributed by atoms with Crippen molar-refractivity contribution in [3.05, 3.63) is 22.5 Å². The number of piperidine rings is 1. The molecule has 1 aliphatic heterocycles. The molecule has 3 rings (SSSR count). The largest absolute Gasteiger partial charge is 0.477 e. The fraction of sp³-hybridized carbons (Fsp3) is 0.684. The average molecular weight is 347 g/mol. The zero-order valence-corrected chi connectivity index (χ0v) is 15.2. The summed E-state index contributed by atoms with van der Waals surface area (Å²) < 4.78 is 0. The molecule has 1 aromatic heterocycles. The number of nitrogens with one attached hydrogen (secondary N) is 2. The quantitative estimate of drug-likeness (QED) is 0.764. The van der Waals surface area contributed by atoms with E-state index in [4.69, 9.17) is 0 Å². The van der Waals surface area contributed by atoms with Crippen molar-refractivity contribution in [1.82, 2.24) is 15.2 Å². The molecule has 0 radical (unpaired) electrons. The summed E-state index contributed by atoms with van der Waals surface area (Å²) in [6.07, 6.45) is 7.68. The van der Waals surface area contributed by atoms with Crippen molar-refractivity contribution in [2.45, 2.75) is 58.4 Å². The van der Waals surface area contributed by atoms with Gasteiger partial charge in [0.1, 0.15) is 5.69 Å². The number of aromatic nitrogens is 1. The van der Waals surface area contributed by atoms with Crippen LogP contribution >= 0.6 is 0 Å². The number of carboxylic acids is 1. The van der Waals surface area contributed by atoms with E-state index in [1.54, 1.807) is 13.8 Å². The second-order valence-corrected chi connectivity index (χ2v) is 7.58. The summed E-state index contributed by atoms with van der Waals surface area (Å²) in [6, 6.07) is 0.741. The lowest BCUT2D eigenvalue weighted by molar-refractivity contribution is 0.0690. The molecule has 1 amide bonds. The number of rotatable bonds is 5. The lowest BCUT2D eigenvalue weighted by Gasteiger charge is -2.36. The molecule has 138 valence electrons. The number of carboxylic acid groups (broad SMARTS) is 1. The minimum Gasteiger partial charge on any atom is -0.477 e. The van der Waals surface area contributed by atoms with Crippen molar-refractivity contribution < 1.29 is 14.7 Å². The van der Waals surface area contributed by atoms with Gasteiger partial charge in [0, 0.05) is 24.8 Å². The van der Waals surface area contributed by atoms with Crippen LogP contribution in [0.5, 0.6) is 0 Å². The molecule has 6 nitrogen and oxygen atoms in total. The molecule has 1 aliphatic carbocycles. The first-order chi connectivity index (χ1) is 12.0. The van der Waals surface area contributed by atoms with Crippen LogP contribution in [0.15, 0.2) is 0 Å². The highest BCUT2D eigenvalue weighted by molar-refractivity contribution is 6.00. The first-order valence-corrected chi connectivity index (χ1v) is 9.42. The molecule has 0 spiro atoms. The van der Waals surface area contributed by atoms with E-state index in [9.17, 15) is 14.7 Å². The van der Waals surface area contributed by atoms with Crippen LogP contribution in [0, 0.1) is 19.8 Å². The Balaban J connectivity index is 1.58. The number of H-pyrrole nitrogens is 1. The summed E-state index contributed by atoms with van der Waals surface area (Å²) >= 11 is 0. The molecule has 25 heavy (non-hydrogen) atoms. The Morgan fingerprint density at radius 1 is 1.20 bits per heavy atom. The zero-order valence-electron chi connectivity index (χ0n) is 15.2. The SMILES string of the molecule is Cc1[nH]c(C(=O)O)c(C)c1C(=O)NC[C@@H]1CCCN(C2CCCC2)C1. The molecule has 1 aromatic rings. The third-order valence-corrected chi connectivity index (χ3v) is 5.82. The summed E-state index contributed by atoms with van der Waals surface area (Å²) in [5.41, 5.74) is 1.70. The second kappa shape index (κ2) is 7.60. The van der Waals surface area contributed by atoms with E-state index >= 15 is 0 Å². The van der Waals surface area contributed by atoms with Crippen LogP contribution < -0.4 is 5.32 Å². The number of amides is 1. The number of nitrogens with zero attached hydrogens (tertiary/aromatic N) is 1. The molecule has 0 bridgehead atoms. The highest BCUT2D eigenvalue weighted by atomic mass is 16.4. The van der Waals surface area contributed by atoms with Gasteiger partial charge in [0.05, 0.1) is 5.56 Å². The minimum atomic E-state index is -1.03. The fourth-order valence-corrected chi connectivity index (χ4v) is 4.49. The summed E-state index contributed by atoms with van der Waals surface area (Å²) in [4.78, 5) is 29.2. The molecule has 1 atom stereocenters. The smallest absolute Gasteiger partial charge is 0.352 e. The Labute approximate surface area is 149 Å². The Kier molecular flexibility index (Phi) is 5.47. The molecule has 1 saturated heterocycles. The van der Waals surface area contributed by atoms with Crippen LogP contribution in [-0.4, -0.2) is 52.5 Å². The number of carbonyl (C=O) groups is 2. The van der Waals surface area contributed by atoms with Crippen molar-refractivity contribution in [1.29, 1.82) is 0 Å². The highest BCUT2D eigenvalue weighted by Crippen LogP contribution is 2.27. The van der Waals surface area contributed by atoms with Crippen LogP contribution in [-0.2, 0) is 0 Å². The maximum absolute atomic E-state index is 12.6. The van der Waals surface area contributed by atoms with E-state index < -0.39 is 5.97 Å². The lowest BCUT2D eigenvalue weighted by atomic mass is 9.96. The zero-order chi connectivity index (χ0) is 18.0. The Morgan fingerprint density at radius 3 is 2.56 bits per heavy atom. The van der Waals surface area contributed by atoms with Gasteiger partial charge >= 0.3 is 5.97 Å². The van der Waals surface area contributed by atoms with Gasteiger partial charge in [-0.15, -0.1) is 0 Å². The summed E-state index contributed by atoms with van der Waals surface area (Å²) in [6.45, 7) is 6.35. The van der Waals surface area contributed by atoms with E-state index in [2.05, 4.69) is 15.2 Å². The molecule has 0 unspecified atom stereocenters. The van der Waals surface area contributed by atoms with Gasteiger partial charge in [-0.2, -0.15) is 0 Å². The van der Waals surface area contributed by atoms with Gasteiger partial charge in [-0.1, -0.05) is 12.8 Å². The topological polar surface area (TPSA) is 85.4 Å². The van der Waals surface area contributed by atoms with Crippen molar-refractivity contribution in [3.8, 4) is 0 Å². The number of hydrogen-bond acceptors (Lipinski definition) is 3. The number of aromatic carboxylic acids is 1. The van der Waals surface area contributed by atoms with Gasteiger partial charge < -0.3 is 20.3 Å². The highest BCUT2D eigenvalue weighted by Gasteiger charge is 2.28.